The first-order chi connectivity index (χ1) is 8.58. The first-order valence-corrected chi connectivity index (χ1v) is 6.20. The molecule has 6 heteroatoms. The molecule has 0 spiro atoms. The summed E-state index contributed by atoms with van der Waals surface area (Å²) >= 11 is 0. The van der Waals surface area contributed by atoms with Crippen molar-refractivity contribution >= 4 is 5.97 Å². The van der Waals surface area contributed by atoms with Crippen molar-refractivity contribution in [3.05, 3.63) is 11.4 Å². The Morgan fingerprint density at radius 3 is 2.83 bits per heavy atom. The summed E-state index contributed by atoms with van der Waals surface area (Å²) in [5.41, 5.74) is 1.51. The van der Waals surface area contributed by atoms with Crippen LogP contribution in [-0.2, 0) is 28.9 Å². The number of hydrogen-bond donors (Lipinski definition) is 1. The first-order valence-electron chi connectivity index (χ1n) is 6.20. The van der Waals surface area contributed by atoms with Crippen molar-refractivity contribution in [1.82, 2.24) is 15.0 Å². The van der Waals surface area contributed by atoms with Gasteiger partial charge in [-0.1, -0.05) is 25.5 Å². The molecule has 0 fully saturated rings. The molecule has 18 heavy (non-hydrogen) atoms. The Kier molecular flexibility index (Phi) is 5.77. The minimum absolute atomic E-state index is 0.0615. The highest BCUT2D eigenvalue weighted by Gasteiger charge is 2.16. The van der Waals surface area contributed by atoms with Crippen LogP contribution in [0.3, 0.4) is 0 Å². The second-order valence-corrected chi connectivity index (χ2v) is 4.55. The lowest BCUT2D eigenvalue weighted by atomic mass is 10.1. The molecule has 0 saturated heterocycles. The van der Waals surface area contributed by atoms with Crippen LogP contribution >= 0.6 is 0 Å². The van der Waals surface area contributed by atoms with Gasteiger partial charge in [0.25, 0.3) is 0 Å². The molecule has 0 aliphatic rings. The minimum atomic E-state index is -0.871. The van der Waals surface area contributed by atoms with Gasteiger partial charge in [-0.15, -0.1) is 5.10 Å². The van der Waals surface area contributed by atoms with Gasteiger partial charge >= 0.3 is 5.97 Å². The molecule has 1 atom stereocenters. The molecule has 1 aromatic rings. The van der Waals surface area contributed by atoms with Crippen molar-refractivity contribution in [2.75, 3.05) is 13.7 Å². The maximum atomic E-state index is 10.8. The molecule has 1 rings (SSSR count). The van der Waals surface area contributed by atoms with Crippen LogP contribution in [0.15, 0.2) is 0 Å². The molecule has 1 heterocycles. The average molecular weight is 255 g/mol. The van der Waals surface area contributed by atoms with Crippen molar-refractivity contribution in [3.63, 3.8) is 0 Å². The molecule has 1 N–H and O–H groups in total. The Balaban J connectivity index is 2.83. The molecular weight excluding hydrogens is 234 g/mol. The Bertz CT molecular complexity index is 390. The van der Waals surface area contributed by atoms with Crippen LogP contribution in [0.25, 0.3) is 0 Å². The van der Waals surface area contributed by atoms with Crippen molar-refractivity contribution in [2.24, 2.45) is 5.92 Å². The van der Waals surface area contributed by atoms with Gasteiger partial charge in [-0.05, 0) is 12.3 Å². The van der Waals surface area contributed by atoms with Crippen molar-refractivity contribution in [3.8, 4) is 0 Å². The van der Waals surface area contributed by atoms with Crippen LogP contribution in [0.5, 0.6) is 0 Å². The molecule has 0 aromatic carbocycles. The number of ether oxygens (including phenoxy) is 1. The maximum absolute atomic E-state index is 10.8. The predicted octanol–water partition coefficient (Wildman–Crippen LogP) is 1.14. The second kappa shape index (κ2) is 7.10. The fourth-order valence-corrected chi connectivity index (χ4v) is 1.94. The van der Waals surface area contributed by atoms with Crippen LogP contribution in [0, 0.1) is 5.92 Å². The van der Waals surface area contributed by atoms with E-state index in [1.165, 1.54) is 0 Å². The van der Waals surface area contributed by atoms with Crippen LogP contribution in [0.4, 0.5) is 0 Å². The molecule has 0 aliphatic carbocycles. The molecule has 6 nitrogen and oxygen atoms in total. The van der Waals surface area contributed by atoms with E-state index < -0.39 is 5.97 Å². The number of methoxy groups -OCH3 is 1. The highest BCUT2D eigenvalue weighted by Crippen LogP contribution is 2.12. The molecule has 0 saturated carbocycles. The van der Waals surface area contributed by atoms with Gasteiger partial charge in [0.15, 0.2) is 0 Å². The van der Waals surface area contributed by atoms with E-state index >= 15 is 0 Å². The molecular formula is C12H21N3O3. The standard InChI is InChI=1S/C12H21N3O3/c1-4-5-11-10(6-12(16)17)13-14-15(11)7-9(2)8-18-3/h9H,4-8H2,1-3H3,(H,16,17). The number of aromatic nitrogens is 3. The van der Waals surface area contributed by atoms with Gasteiger partial charge in [-0.3, -0.25) is 4.79 Å². The first kappa shape index (κ1) is 14.6. The van der Waals surface area contributed by atoms with E-state index in [0.29, 0.717) is 24.8 Å². The summed E-state index contributed by atoms with van der Waals surface area (Å²) in [7, 11) is 1.67. The lowest BCUT2D eigenvalue weighted by molar-refractivity contribution is -0.136. The van der Waals surface area contributed by atoms with Gasteiger partial charge in [0, 0.05) is 13.7 Å². The number of carboxylic acid groups (broad SMARTS) is 1. The van der Waals surface area contributed by atoms with E-state index in [9.17, 15) is 4.79 Å². The smallest absolute Gasteiger partial charge is 0.309 e. The molecule has 0 aliphatic heterocycles. The van der Waals surface area contributed by atoms with Gasteiger partial charge in [0.2, 0.25) is 0 Å². The fourth-order valence-electron chi connectivity index (χ4n) is 1.94. The number of carbonyl (C=O) groups is 1. The number of rotatable bonds is 8. The third-order valence-corrected chi connectivity index (χ3v) is 2.66. The van der Waals surface area contributed by atoms with Crippen molar-refractivity contribution in [1.29, 1.82) is 0 Å². The maximum Gasteiger partial charge on any atom is 0.309 e. The molecule has 0 bridgehead atoms. The number of carboxylic acids is 1. The lowest BCUT2D eigenvalue weighted by Crippen LogP contribution is -2.16. The third kappa shape index (κ3) is 4.10. The molecule has 0 radical (unpaired) electrons. The fraction of sp³-hybridized carbons (Fsp3) is 0.750. The van der Waals surface area contributed by atoms with Gasteiger partial charge in [-0.2, -0.15) is 0 Å². The Hall–Kier alpha value is -1.43. The van der Waals surface area contributed by atoms with Gasteiger partial charge in [0.05, 0.1) is 24.4 Å². The summed E-state index contributed by atoms with van der Waals surface area (Å²) < 4.78 is 6.90. The van der Waals surface area contributed by atoms with Crippen LogP contribution in [-0.4, -0.2) is 39.8 Å². The monoisotopic (exact) mass is 255 g/mol. The normalized spacial score (nSPS) is 12.6. The average Bonchev–Trinajstić information content (AvgIpc) is 2.62. The quantitative estimate of drug-likeness (QED) is 0.753. The summed E-state index contributed by atoms with van der Waals surface area (Å²) in [6, 6.07) is 0. The van der Waals surface area contributed by atoms with E-state index in [1.54, 1.807) is 7.11 Å². The Labute approximate surface area is 107 Å². The predicted molar refractivity (Wildman–Crippen MR) is 66.4 cm³/mol. The van der Waals surface area contributed by atoms with Gasteiger partial charge < -0.3 is 9.84 Å². The topological polar surface area (TPSA) is 77.2 Å². The summed E-state index contributed by atoms with van der Waals surface area (Å²) in [5.74, 6) is -0.547. The van der Waals surface area contributed by atoms with Crippen LogP contribution in [0.1, 0.15) is 31.7 Å². The van der Waals surface area contributed by atoms with E-state index in [-0.39, 0.29) is 6.42 Å². The summed E-state index contributed by atoms with van der Waals surface area (Å²) in [6.45, 7) is 5.48. The van der Waals surface area contributed by atoms with Gasteiger partial charge in [-0.25, -0.2) is 4.68 Å². The Morgan fingerprint density at radius 1 is 1.56 bits per heavy atom. The summed E-state index contributed by atoms with van der Waals surface area (Å²) in [5, 5.41) is 16.9. The van der Waals surface area contributed by atoms with E-state index in [4.69, 9.17) is 9.84 Å². The van der Waals surface area contributed by atoms with Crippen LogP contribution < -0.4 is 0 Å². The van der Waals surface area contributed by atoms with Gasteiger partial charge in [0.1, 0.15) is 0 Å². The van der Waals surface area contributed by atoms with Crippen molar-refractivity contribution in [2.45, 2.75) is 39.7 Å². The van der Waals surface area contributed by atoms with E-state index in [1.807, 2.05) is 4.68 Å². The van der Waals surface area contributed by atoms with E-state index in [2.05, 4.69) is 24.2 Å². The Morgan fingerprint density at radius 2 is 2.28 bits per heavy atom. The number of aliphatic carboxylic acids is 1. The SMILES string of the molecule is CCCc1c(CC(=O)O)nnn1CC(C)COC. The third-order valence-electron chi connectivity index (χ3n) is 2.66. The number of hydrogen-bond acceptors (Lipinski definition) is 4. The van der Waals surface area contributed by atoms with E-state index in [0.717, 1.165) is 18.5 Å². The second-order valence-electron chi connectivity index (χ2n) is 4.55. The largest absolute Gasteiger partial charge is 0.481 e. The highest BCUT2D eigenvalue weighted by molar-refractivity contribution is 5.69. The zero-order chi connectivity index (χ0) is 13.5. The summed E-state index contributed by atoms with van der Waals surface area (Å²) in [6.07, 6.45) is 1.68. The molecule has 0 amide bonds. The zero-order valence-electron chi connectivity index (χ0n) is 11.2. The minimum Gasteiger partial charge on any atom is -0.481 e. The summed E-state index contributed by atoms with van der Waals surface area (Å²) in [4.78, 5) is 10.8. The van der Waals surface area contributed by atoms with Crippen LogP contribution in [0.2, 0.25) is 0 Å². The zero-order valence-corrected chi connectivity index (χ0v) is 11.2. The highest BCUT2D eigenvalue weighted by atomic mass is 16.5. The molecule has 1 aromatic heterocycles. The molecule has 1 unspecified atom stereocenters. The lowest BCUT2D eigenvalue weighted by Gasteiger charge is -2.12. The molecule has 102 valence electrons. The number of nitrogens with zero attached hydrogens (tertiary/aromatic N) is 3. The van der Waals surface area contributed by atoms with Crippen molar-refractivity contribution < 1.29 is 14.6 Å².